The molecule has 0 unspecified atom stereocenters. The number of aryl methyl sites for hydroxylation is 1. The number of benzene rings is 1. The third-order valence-corrected chi connectivity index (χ3v) is 5.39. The largest absolute Gasteiger partial charge is 0.370 e. The molecule has 1 aliphatic rings. The predicted octanol–water partition coefficient (Wildman–Crippen LogP) is 3.12. The number of rotatable bonds is 6. The van der Waals surface area contributed by atoms with Crippen LogP contribution in [0.4, 0.5) is 4.39 Å². The Morgan fingerprint density at radius 3 is 2.83 bits per heavy atom. The van der Waals surface area contributed by atoms with E-state index in [1.807, 2.05) is 20.8 Å². The molecular weight excluding hydrogens is 393 g/mol. The summed E-state index contributed by atoms with van der Waals surface area (Å²) in [6, 6.07) is 6.23. The van der Waals surface area contributed by atoms with Crippen LogP contribution in [0.1, 0.15) is 34.9 Å². The van der Waals surface area contributed by atoms with E-state index in [0.717, 1.165) is 5.01 Å². The lowest BCUT2D eigenvalue weighted by molar-refractivity contribution is -0.132. The Morgan fingerprint density at radius 1 is 1.38 bits per heavy atom. The van der Waals surface area contributed by atoms with Crippen LogP contribution in [0.2, 0.25) is 0 Å². The smallest absolute Gasteiger partial charge is 0.273 e. The molecule has 1 fully saturated rings. The van der Waals surface area contributed by atoms with Gasteiger partial charge < -0.3 is 14.5 Å². The van der Waals surface area contributed by atoms with E-state index in [1.165, 1.54) is 28.4 Å². The summed E-state index contributed by atoms with van der Waals surface area (Å²) in [5.74, 6) is -0.394. The van der Waals surface area contributed by atoms with Crippen LogP contribution in [0.25, 0.3) is 0 Å². The molecule has 156 valence electrons. The second-order valence-corrected chi connectivity index (χ2v) is 8.76. The highest BCUT2D eigenvalue weighted by Gasteiger charge is 2.32. The first-order valence-electron chi connectivity index (χ1n) is 9.67. The predicted molar refractivity (Wildman–Crippen MR) is 109 cm³/mol. The number of hydrogen-bond acceptors (Lipinski definition) is 5. The number of halogens is 1. The molecule has 1 aromatic heterocycles. The zero-order valence-electron chi connectivity index (χ0n) is 16.9. The van der Waals surface area contributed by atoms with Gasteiger partial charge in [0.2, 0.25) is 5.91 Å². The second-order valence-electron chi connectivity index (χ2n) is 7.69. The Labute approximate surface area is 174 Å². The van der Waals surface area contributed by atoms with Gasteiger partial charge >= 0.3 is 0 Å². The number of nitrogens with zero attached hydrogens (tertiary/aromatic N) is 3. The van der Waals surface area contributed by atoms with E-state index in [9.17, 15) is 14.0 Å². The fourth-order valence-corrected chi connectivity index (χ4v) is 3.91. The maximum absolute atomic E-state index is 13.4. The van der Waals surface area contributed by atoms with Crippen molar-refractivity contribution in [2.45, 2.75) is 33.5 Å². The minimum atomic E-state index is -0.368. The minimum Gasteiger partial charge on any atom is -0.370 e. The van der Waals surface area contributed by atoms with Crippen LogP contribution in [-0.4, -0.2) is 58.9 Å². The van der Waals surface area contributed by atoms with Crippen molar-refractivity contribution in [2.24, 2.45) is 5.92 Å². The lowest BCUT2D eigenvalue weighted by Crippen LogP contribution is -2.40. The van der Waals surface area contributed by atoms with Crippen LogP contribution in [0, 0.1) is 18.7 Å². The molecule has 6 nitrogen and oxygen atoms in total. The first-order valence-corrected chi connectivity index (χ1v) is 10.5. The lowest BCUT2D eigenvalue weighted by Gasteiger charge is -2.26. The van der Waals surface area contributed by atoms with Gasteiger partial charge in [0.05, 0.1) is 17.7 Å². The maximum atomic E-state index is 13.4. The zero-order valence-corrected chi connectivity index (χ0v) is 17.7. The summed E-state index contributed by atoms with van der Waals surface area (Å²) in [5, 5.41) is 2.51. The quantitative estimate of drug-likeness (QED) is 0.722. The number of carbonyl (C=O) groups excluding carboxylic acids is 2. The minimum absolute atomic E-state index is 0.00194. The molecule has 29 heavy (non-hydrogen) atoms. The Balaban J connectivity index is 1.76. The van der Waals surface area contributed by atoms with Gasteiger partial charge in [0.15, 0.2) is 0 Å². The Bertz CT molecular complexity index is 870. The molecule has 0 saturated carbocycles. The molecule has 0 bridgehead atoms. The zero-order chi connectivity index (χ0) is 21.0. The molecule has 1 aromatic carbocycles. The summed E-state index contributed by atoms with van der Waals surface area (Å²) in [5.41, 5.74) is 1.06. The van der Waals surface area contributed by atoms with Crippen molar-refractivity contribution in [1.29, 1.82) is 0 Å². The molecular formula is C21H26FN3O3S. The van der Waals surface area contributed by atoms with E-state index in [-0.39, 0.29) is 43.4 Å². The van der Waals surface area contributed by atoms with Gasteiger partial charge in [-0.15, -0.1) is 11.3 Å². The summed E-state index contributed by atoms with van der Waals surface area (Å²) in [7, 11) is 0. The highest BCUT2D eigenvalue weighted by Crippen LogP contribution is 2.17. The molecule has 8 heteroatoms. The third-order valence-electron chi connectivity index (χ3n) is 4.61. The van der Waals surface area contributed by atoms with Gasteiger partial charge in [0, 0.05) is 25.0 Å². The maximum Gasteiger partial charge on any atom is 0.273 e. The lowest BCUT2D eigenvalue weighted by atomic mass is 10.2. The fraction of sp³-hybridized carbons (Fsp3) is 0.476. The normalized spacial score (nSPS) is 17.7. The number of carbonyl (C=O) groups is 2. The van der Waals surface area contributed by atoms with Crippen LogP contribution in [0.3, 0.4) is 0 Å². The van der Waals surface area contributed by atoms with Gasteiger partial charge in [0.1, 0.15) is 18.1 Å². The summed E-state index contributed by atoms with van der Waals surface area (Å²) >= 11 is 1.40. The molecule has 0 radical (unpaired) electrons. The molecule has 2 heterocycles. The fourth-order valence-electron chi connectivity index (χ4n) is 3.32. The van der Waals surface area contributed by atoms with E-state index >= 15 is 0 Å². The number of aromatic nitrogens is 1. The van der Waals surface area contributed by atoms with Crippen molar-refractivity contribution in [3.05, 3.63) is 51.7 Å². The van der Waals surface area contributed by atoms with Crippen molar-refractivity contribution in [3.63, 3.8) is 0 Å². The van der Waals surface area contributed by atoms with Gasteiger partial charge in [-0.05, 0) is 30.5 Å². The van der Waals surface area contributed by atoms with E-state index in [4.69, 9.17) is 4.74 Å². The average molecular weight is 420 g/mol. The van der Waals surface area contributed by atoms with E-state index < -0.39 is 0 Å². The highest BCUT2D eigenvalue weighted by atomic mass is 32.1. The second kappa shape index (κ2) is 9.45. The topological polar surface area (TPSA) is 62.7 Å². The van der Waals surface area contributed by atoms with Crippen LogP contribution < -0.4 is 0 Å². The Kier molecular flexibility index (Phi) is 6.97. The van der Waals surface area contributed by atoms with Crippen LogP contribution in [0.5, 0.6) is 0 Å². The van der Waals surface area contributed by atoms with Gasteiger partial charge in [-0.1, -0.05) is 26.0 Å². The summed E-state index contributed by atoms with van der Waals surface area (Å²) in [6.07, 6.45) is -0.368. The van der Waals surface area contributed by atoms with Crippen LogP contribution >= 0.6 is 11.3 Å². The van der Waals surface area contributed by atoms with Gasteiger partial charge in [-0.2, -0.15) is 0 Å². The van der Waals surface area contributed by atoms with E-state index in [2.05, 4.69) is 4.98 Å². The third kappa shape index (κ3) is 5.83. The molecule has 0 N–H and O–H groups in total. The van der Waals surface area contributed by atoms with Gasteiger partial charge in [0.25, 0.3) is 5.91 Å². The number of thiazole rings is 1. The number of hydrogen-bond donors (Lipinski definition) is 0. The SMILES string of the molecule is Cc1nc(C(=O)N2CC(=O)N(CC(C)C)C[C@H](OCc3cccc(F)c3)C2)cs1. The number of amides is 2. The molecule has 2 amide bonds. The summed E-state index contributed by atoms with van der Waals surface area (Å²) in [6.45, 7) is 7.41. The van der Waals surface area contributed by atoms with E-state index in [1.54, 1.807) is 22.4 Å². The molecule has 0 spiro atoms. The monoisotopic (exact) mass is 419 g/mol. The summed E-state index contributed by atoms with van der Waals surface area (Å²) in [4.78, 5) is 33.2. The molecule has 1 saturated heterocycles. The molecule has 0 aliphatic carbocycles. The average Bonchev–Trinajstić information content (AvgIpc) is 3.03. The summed E-state index contributed by atoms with van der Waals surface area (Å²) < 4.78 is 19.5. The Hall–Kier alpha value is -2.32. The van der Waals surface area contributed by atoms with Crippen LogP contribution in [-0.2, 0) is 16.1 Å². The molecule has 1 atom stereocenters. The molecule has 2 aromatic rings. The van der Waals surface area contributed by atoms with Crippen molar-refractivity contribution < 1.29 is 18.7 Å². The first-order chi connectivity index (χ1) is 13.8. The van der Waals surface area contributed by atoms with Gasteiger partial charge in [-0.25, -0.2) is 9.37 Å². The van der Waals surface area contributed by atoms with Crippen molar-refractivity contribution >= 4 is 23.2 Å². The molecule has 3 rings (SSSR count). The van der Waals surface area contributed by atoms with Gasteiger partial charge in [-0.3, -0.25) is 9.59 Å². The highest BCUT2D eigenvalue weighted by molar-refractivity contribution is 7.09. The van der Waals surface area contributed by atoms with Crippen molar-refractivity contribution in [1.82, 2.24) is 14.8 Å². The Morgan fingerprint density at radius 2 is 2.17 bits per heavy atom. The van der Waals surface area contributed by atoms with Crippen LogP contribution in [0.15, 0.2) is 29.6 Å². The number of ether oxygens (including phenoxy) is 1. The molecule has 1 aliphatic heterocycles. The van der Waals surface area contributed by atoms with E-state index in [0.29, 0.717) is 30.3 Å². The van der Waals surface area contributed by atoms with Crippen molar-refractivity contribution in [2.75, 3.05) is 26.2 Å². The van der Waals surface area contributed by atoms with Crippen molar-refractivity contribution in [3.8, 4) is 0 Å². The first kappa shape index (κ1) is 21.4. The standard InChI is InChI=1S/C21H26FN3O3S/c1-14(2)8-24-9-18(28-12-16-5-4-6-17(22)7-16)10-25(11-20(24)26)21(27)19-13-29-15(3)23-19/h4-7,13-14,18H,8-12H2,1-3H3/t18-/m0/s1.